The Morgan fingerprint density at radius 2 is 1.68 bits per heavy atom. The smallest absolute Gasteiger partial charge is 0.116 e. The van der Waals surface area contributed by atoms with Gasteiger partial charge in [-0.1, -0.05) is 0 Å². The summed E-state index contributed by atoms with van der Waals surface area (Å²) in [7, 11) is 6.05. The molecule has 0 aromatic rings. The molecule has 0 spiro atoms. The Bertz CT molecular complexity index is 305. The van der Waals surface area contributed by atoms with Gasteiger partial charge in [-0.2, -0.15) is 0 Å². The summed E-state index contributed by atoms with van der Waals surface area (Å²) in [5.74, 6) is 0.485. The van der Waals surface area contributed by atoms with E-state index in [9.17, 15) is 10.2 Å². The number of nitrogens with zero attached hydrogens (tertiary/aromatic N) is 2. The van der Waals surface area contributed by atoms with E-state index in [0.29, 0.717) is 30.8 Å². The molecule has 0 aromatic heterocycles. The molecule has 7 heteroatoms. The number of halogens is 2. The highest BCUT2D eigenvalue weighted by Crippen LogP contribution is 2.14. The first kappa shape index (κ1) is 22.4. The SMILES string of the molecule is CN(CC(O)CCl)C(C)(C)COCC[N+](C)(C)CC(O)CCl. The largest absolute Gasteiger partial charge is 0.391 e. The summed E-state index contributed by atoms with van der Waals surface area (Å²) in [5.41, 5.74) is -0.181. The number of β-amino-alcohol motifs (C(OH)–C–C–N with tert-alkyl or cyclic N) is 1. The standard InChI is InChI=1S/C15H33Cl2N2O3/c1-15(2,18(3)10-13(20)8-16)12-22-7-6-19(4,5)11-14(21)9-17/h13-14,20-21H,6-12H2,1-5H3/q+1. The summed E-state index contributed by atoms with van der Waals surface area (Å²) in [6.07, 6.45) is -1.02. The lowest BCUT2D eigenvalue weighted by Gasteiger charge is -2.37. The fourth-order valence-electron chi connectivity index (χ4n) is 2.07. The molecule has 0 fully saturated rings. The molecule has 0 heterocycles. The van der Waals surface area contributed by atoms with Gasteiger partial charge in [-0.25, -0.2) is 0 Å². The molecule has 2 unspecified atom stereocenters. The Hall–Kier alpha value is 0.380. The molecular formula is C15H33Cl2N2O3+. The van der Waals surface area contributed by atoms with E-state index in [1.165, 1.54) is 0 Å². The second-order valence-corrected chi connectivity index (χ2v) is 7.82. The molecule has 0 saturated heterocycles. The molecule has 0 aliphatic carbocycles. The summed E-state index contributed by atoms with van der Waals surface area (Å²) in [6.45, 7) is 7.25. The van der Waals surface area contributed by atoms with Crippen molar-refractivity contribution in [2.45, 2.75) is 31.6 Å². The summed E-state index contributed by atoms with van der Waals surface area (Å²) in [5, 5.41) is 19.3. The average molecular weight is 360 g/mol. The molecule has 2 N–H and O–H groups in total. The molecular weight excluding hydrogens is 327 g/mol. The van der Waals surface area contributed by atoms with Crippen molar-refractivity contribution in [1.82, 2.24) is 4.90 Å². The number of hydrogen-bond acceptors (Lipinski definition) is 4. The van der Waals surface area contributed by atoms with E-state index in [1.807, 2.05) is 21.1 Å². The first-order valence-electron chi connectivity index (χ1n) is 7.63. The maximum atomic E-state index is 9.63. The van der Waals surface area contributed by atoms with Crippen LogP contribution in [0.25, 0.3) is 0 Å². The van der Waals surface area contributed by atoms with Crippen molar-refractivity contribution in [2.24, 2.45) is 0 Å². The van der Waals surface area contributed by atoms with Crippen LogP contribution in [0.5, 0.6) is 0 Å². The van der Waals surface area contributed by atoms with Gasteiger partial charge in [0.05, 0.1) is 39.3 Å². The zero-order valence-electron chi connectivity index (χ0n) is 14.6. The number of aliphatic hydroxyl groups excluding tert-OH is 2. The number of likely N-dealkylation sites (N-methyl/N-ethyl adjacent to an activating group) is 2. The molecule has 0 aliphatic rings. The van der Waals surface area contributed by atoms with E-state index in [2.05, 4.69) is 18.7 Å². The van der Waals surface area contributed by atoms with E-state index in [4.69, 9.17) is 27.9 Å². The Labute approximate surface area is 145 Å². The van der Waals surface area contributed by atoms with E-state index in [-0.39, 0.29) is 17.3 Å². The minimum absolute atomic E-state index is 0.181. The fraction of sp³-hybridized carbons (Fsp3) is 1.00. The highest BCUT2D eigenvalue weighted by molar-refractivity contribution is 6.18. The molecule has 0 rings (SSSR count). The van der Waals surface area contributed by atoms with Crippen LogP contribution >= 0.6 is 23.2 Å². The Morgan fingerprint density at radius 1 is 1.14 bits per heavy atom. The summed E-state index contributed by atoms with van der Waals surface area (Å²) in [4.78, 5) is 2.05. The molecule has 0 radical (unpaired) electrons. The van der Waals surface area contributed by atoms with Crippen LogP contribution in [0.1, 0.15) is 13.8 Å². The minimum atomic E-state index is -0.529. The van der Waals surface area contributed by atoms with E-state index < -0.39 is 12.2 Å². The summed E-state index contributed by atoms with van der Waals surface area (Å²) >= 11 is 11.3. The van der Waals surface area contributed by atoms with Crippen molar-refractivity contribution >= 4 is 23.2 Å². The normalized spacial score (nSPS) is 16.1. The topological polar surface area (TPSA) is 52.9 Å². The third-order valence-corrected chi connectivity index (χ3v) is 4.59. The Morgan fingerprint density at radius 3 is 2.18 bits per heavy atom. The molecule has 0 bridgehead atoms. The first-order valence-corrected chi connectivity index (χ1v) is 8.70. The first-order chi connectivity index (χ1) is 10.0. The van der Waals surface area contributed by atoms with E-state index in [0.717, 1.165) is 6.54 Å². The Balaban J connectivity index is 4.12. The van der Waals surface area contributed by atoms with Crippen molar-refractivity contribution in [2.75, 3.05) is 65.8 Å². The van der Waals surface area contributed by atoms with Crippen LogP contribution in [0.4, 0.5) is 0 Å². The predicted molar refractivity (Wildman–Crippen MR) is 92.8 cm³/mol. The number of ether oxygens (including phenoxy) is 1. The summed E-state index contributed by atoms with van der Waals surface area (Å²) in [6, 6.07) is 0. The average Bonchev–Trinajstić information content (AvgIpc) is 2.42. The van der Waals surface area contributed by atoms with Gasteiger partial charge in [-0.3, -0.25) is 4.90 Å². The Kier molecular flexibility index (Phi) is 10.5. The van der Waals surface area contributed by atoms with Gasteiger partial charge in [-0.05, 0) is 20.9 Å². The van der Waals surface area contributed by atoms with Crippen molar-refractivity contribution in [3.05, 3.63) is 0 Å². The third kappa shape index (κ3) is 9.50. The van der Waals surface area contributed by atoms with Crippen LogP contribution in [0.3, 0.4) is 0 Å². The lowest BCUT2D eigenvalue weighted by Crippen LogP contribution is -2.50. The van der Waals surface area contributed by atoms with Crippen LogP contribution in [0, 0.1) is 0 Å². The molecule has 0 saturated carbocycles. The van der Waals surface area contributed by atoms with Gasteiger partial charge < -0.3 is 19.4 Å². The van der Waals surface area contributed by atoms with Crippen LogP contribution in [-0.4, -0.2) is 103 Å². The highest BCUT2D eigenvalue weighted by Gasteiger charge is 2.26. The molecule has 0 aromatic carbocycles. The molecule has 2 atom stereocenters. The van der Waals surface area contributed by atoms with Gasteiger partial charge in [0.2, 0.25) is 0 Å². The maximum Gasteiger partial charge on any atom is 0.116 e. The van der Waals surface area contributed by atoms with Crippen molar-refractivity contribution in [3.8, 4) is 0 Å². The number of alkyl halides is 2. The van der Waals surface area contributed by atoms with Gasteiger partial charge >= 0.3 is 0 Å². The third-order valence-electron chi connectivity index (χ3n) is 3.88. The van der Waals surface area contributed by atoms with E-state index in [1.54, 1.807) is 0 Å². The molecule has 0 amide bonds. The lowest BCUT2D eigenvalue weighted by atomic mass is 10.0. The van der Waals surface area contributed by atoms with E-state index >= 15 is 0 Å². The van der Waals surface area contributed by atoms with Gasteiger partial charge in [0, 0.05) is 18.0 Å². The predicted octanol–water partition coefficient (Wildman–Crippen LogP) is 0.989. The number of aliphatic hydroxyl groups is 2. The van der Waals surface area contributed by atoms with Gasteiger partial charge in [0.25, 0.3) is 0 Å². The zero-order valence-corrected chi connectivity index (χ0v) is 16.1. The van der Waals surface area contributed by atoms with Crippen molar-refractivity contribution < 1.29 is 19.4 Å². The van der Waals surface area contributed by atoms with Gasteiger partial charge in [0.1, 0.15) is 19.2 Å². The molecule has 0 aliphatic heterocycles. The van der Waals surface area contributed by atoms with Crippen LogP contribution in [0.2, 0.25) is 0 Å². The number of quaternary nitrogens is 1. The minimum Gasteiger partial charge on any atom is -0.391 e. The van der Waals surface area contributed by atoms with Crippen LogP contribution < -0.4 is 0 Å². The summed E-state index contributed by atoms with van der Waals surface area (Å²) < 4.78 is 6.46. The highest BCUT2D eigenvalue weighted by atomic mass is 35.5. The van der Waals surface area contributed by atoms with Crippen molar-refractivity contribution in [1.29, 1.82) is 0 Å². The maximum absolute atomic E-state index is 9.63. The quantitative estimate of drug-likeness (QED) is 0.310. The second kappa shape index (κ2) is 10.3. The molecule has 22 heavy (non-hydrogen) atoms. The fourth-order valence-corrected chi connectivity index (χ4v) is 2.26. The second-order valence-electron chi connectivity index (χ2n) is 7.20. The zero-order chi connectivity index (χ0) is 17.4. The number of rotatable bonds is 12. The monoisotopic (exact) mass is 359 g/mol. The molecule has 5 nitrogen and oxygen atoms in total. The van der Waals surface area contributed by atoms with Crippen LogP contribution in [0.15, 0.2) is 0 Å². The van der Waals surface area contributed by atoms with Gasteiger partial charge in [-0.15, -0.1) is 23.2 Å². The van der Waals surface area contributed by atoms with Crippen LogP contribution in [-0.2, 0) is 4.74 Å². The lowest BCUT2D eigenvalue weighted by molar-refractivity contribution is -0.893. The van der Waals surface area contributed by atoms with Gasteiger partial charge in [0.15, 0.2) is 0 Å². The van der Waals surface area contributed by atoms with Crippen molar-refractivity contribution in [3.63, 3.8) is 0 Å². The number of hydrogen-bond donors (Lipinski definition) is 2. The molecule has 134 valence electrons.